The Morgan fingerprint density at radius 2 is 1.95 bits per heavy atom. The van der Waals surface area contributed by atoms with E-state index in [4.69, 9.17) is 0 Å². The maximum absolute atomic E-state index is 12.3. The Morgan fingerprint density at radius 3 is 2.37 bits per heavy atom. The van der Waals surface area contributed by atoms with Crippen LogP contribution in [0.4, 0.5) is 19.0 Å². The first kappa shape index (κ1) is 15.2. The molecule has 106 valence electrons. The van der Waals surface area contributed by atoms with E-state index in [1.807, 2.05) is 0 Å². The van der Waals surface area contributed by atoms with Crippen molar-refractivity contribution in [1.29, 1.82) is 0 Å². The van der Waals surface area contributed by atoms with Crippen LogP contribution in [0.5, 0.6) is 0 Å². The smallest absolute Gasteiger partial charge is 0.435 e. The van der Waals surface area contributed by atoms with Crippen LogP contribution in [0, 0.1) is 5.41 Å². The SMILES string of the molecule is COC(=O)C(C)(C)CNc1ccc(C(F)(F)F)nn1. The van der Waals surface area contributed by atoms with Crippen molar-refractivity contribution in [3.05, 3.63) is 17.8 Å². The van der Waals surface area contributed by atoms with Crippen molar-refractivity contribution < 1.29 is 22.7 Å². The molecule has 0 radical (unpaired) electrons. The van der Waals surface area contributed by atoms with Gasteiger partial charge in [-0.3, -0.25) is 4.79 Å². The monoisotopic (exact) mass is 277 g/mol. The highest BCUT2D eigenvalue weighted by Crippen LogP contribution is 2.27. The van der Waals surface area contributed by atoms with Crippen LogP contribution in [0.25, 0.3) is 0 Å². The summed E-state index contributed by atoms with van der Waals surface area (Å²) in [4.78, 5) is 11.4. The van der Waals surface area contributed by atoms with E-state index in [1.54, 1.807) is 13.8 Å². The lowest BCUT2D eigenvalue weighted by molar-refractivity contribution is -0.149. The molecule has 0 aliphatic carbocycles. The maximum Gasteiger partial charge on any atom is 0.435 e. The van der Waals surface area contributed by atoms with Crippen LogP contribution in [0.3, 0.4) is 0 Å². The highest BCUT2D eigenvalue weighted by Gasteiger charge is 2.33. The zero-order valence-corrected chi connectivity index (χ0v) is 10.7. The summed E-state index contributed by atoms with van der Waals surface area (Å²) in [6.45, 7) is 3.45. The predicted molar refractivity (Wildman–Crippen MR) is 61.3 cm³/mol. The molecule has 0 spiro atoms. The highest BCUT2D eigenvalue weighted by molar-refractivity contribution is 5.76. The zero-order chi connectivity index (χ0) is 14.7. The fourth-order valence-electron chi connectivity index (χ4n) is 1.24. The molecule has 1 aromatic rings. The molecule has 0 saturated carbocycles. The van der Waals surface area contributed by atoms with Gasteiger partial charge < -0.3 is 10.1 Å². The number of carbonyl (C=O) groups excluding carboxylic acids is 1. The van der Waals surface area contributed by atoms with E-state index in [-0.39, 0.29) is 12.4 Å². The molecule has 0 fully saturated rings. The third-order valence-corrected chi connectivity index (χ3v) is 2.40. The first-order valence-corrected chi connectivity index (χ1v) is 5.40. The maximum atomic E-state index is 12.3. The Balaban J connectivity index is 2.67. The van der Waals surface area contributed by atoms with Gasteiger partial charge in [0, 0.05) is 6.54 Å². The Bertz CT molecular complexity index is 443. The summed E-state index contributed by atoms with van der Waals surface area (Å²) in [6, 6.07) is 1.98. The normalized spacial score (nSPS) is 12.1. The quantitative estimate of drug-likeness (QED) is 0.854. The highest BCUT2D eigenvalue weighted by atomic mass is 19.4. The number of ether oxygens (including phenoxy) is 1. The molecule has 1 rings (SSSR count). The van der Waals surface area contributed by atoms with E-state index in [9.17, 15) is 18.0 Å². The van der Waals surface area contributed by atoms with Crippen molar-refractivity contribution in [3.8, 4) is 0 Å². The summed E-state index contributed by atoms with van der Waals surface area (Å²) in [5, 5.41) is 9.20. The van der Waals surface area contributed by atoms with Crippen LogP contribution < -0.4 is 5.32 Å². The number of aromatic nitrogens is 2. The minimum Gasteiger partial charge on any atom is -0.469 e. The fraction of sp³-hybridized carbons (Fsp3) is 0.545. The van der Waals surface area contributed by atoms with Gasteiger partial charge >= 0.3 is 12.1 Å². The summed E-state index contributed by atoms with van der Waals surface area (Å²) in [5.41, 5.74) is -1.88. The van der Waals surface area contributed by atoms with Crippen molar-refractivity contribution >= 4 is 11.8 Å². The molecule has 0 saturated heterocycles. The lowest BCUT2D eigenvalue weighted by Crippen LogP contribution is -2.33. The number of nitrogens with one attached hydrogen (secondary N) is 1. The molecule has 8 heteroatoms. The number of hydrogen-bond donors (Lipinski definition) is 1. The zero-order valence-electron chi connectivity index (χ0n) is 10.7. The van der Waals surface area contributed by atoms with Crippen molar-refractivity contribution in [2.24, 2.45) is 5.41 Å². The second-order valence-electron chi connectivity index (χ2n) is 4.53. The van der Waals surface area contributed by atoms with Crippen LogP contribution >= 0.6 is 0 Å². The number of anilines is 1. The number of nitrogens with zero attached hydrogens (tertiary/aromatic N) is 2. The number of esters is 1. The average Bonchev–Trinajstić information content (AvgIpc) is 2.35. The molecule has 0 aliphatic heterocycles. The lowest BCUT2D eigenvalue weighted by Gasteiger charge is -2.21. The second kappa shape index (κ2) is 5.41. The number of methoxy groups -OCH3 is 1. The summed E-state index contributed by atoms with van der Waals surface area (Å²) in [5.74, 6) is -0.273. The first-order valence-electron chi connectivity index (χ1n) is 5.40. The van der Waals surface area contributed by atoms with Crippen molar-refractivity contribution in [2.45, 2.75) is 20.0 Å². The molecule has 0 unspecified atom stereocenters. The molecule has 5 nitrogen and oxygen atoms in total. The minimum atomic E-state index is -4.52. The van der Waals surface area contributed by atoms with Gasteiger partial charge in [0.05, 0.1) is 12.5 Å². The summed E-state index contributed by atoms with van der Waals surface area (Å²) in [6.07, 6.45) is -4.52. The van der Waals surface area contributed by atoms with Crippen molar-refractivity contribution in [3.63, 3.8) is 0 Å². The van der Waals surface area contributed by atoms with Gasteiger partial charge in [-0.2, -0.15) is 13.2 Å². The van der Waals surface area contributed by atoms with Crippen LogP contribution in [-0.4, -0.2) is 29.8 Å². The van der Waals surface area contributed by atoms with Gasteiger partial charge in [0.25, 0.3) is 0 Å². The summed E-state index contributed by atoms with van der Waals surface area (Å²) < 4.78 is 41.4. The number of rotatable bonds is 4. The van der Waals surface area contributed by atoms with Crippen LogP contribution in [0.1, 0.15) is 19.5 Å². The molecule has 1 aromatic heterocycles. The van der Waals surface area contributed by atoms with Crippen LogP contribution in [0.15, 0.2) is 12.1 Å². The van der Waals surface area contributed by atoms with Gasteiger partial charge in [-0.15, -0.1) is 10.2 Å². The Hall–Kier alpha value is -1.86. The van der Waals surface area contributed by atoms with Crippen LogP contribution in [0.2, 0.25) is 0 Å². The Morgan fingerprint density at radius 1 is 1.32 bits per heavy atom. The molecule has 1 N–H and O–H groups in total. The molecule has 0 atom stereocenters. The Kier molecular flexibility index (Phi) is 4.33. The largest absolute Gasteiger partial charge is 0.469 e. The van der Waals surface area contributed by atoms with Gasteiger partial charge in [-0.1, -0.05) is 0 Å². The van der Waals surface area contributed by atoms with Gasteiger partial charge in [0.2, 0.25) is 0 Å². The number of alkyl halides is 3. The number of hydrogen-bond acceptors (Lipinski definition) is 5. The van der Waals surface area contributed by atoms with Crippen LogP contribution in [-0.2, 0) is 15.7 Å². The van der Waals surface area contributed by atoms with Gasteiger partial charge in [-0.25, -0.2) is 0 Å². The Labute approximate surface area is 108 Å². The topological polar surface area (TPSA) is 64.1 Å². The third-order valence-electron chi connectivity index (χ3n) is 2.40. The van der Waals surface area contributed by atoms with E-state index in [0.29, 0.717) is 0 Å². The molecule has 1 heterocycles. The average molecular weight is 277 g/mol. The van der Waals surface area contributed by atoms with Crippen molar-refractivity contribution in [2.75, 3.05) is 19.0 Å². The molecule has 0 aliphatic rings. The predicted octanol–water partition coefficient (Wildman–Crippen LogP) is 2.11. The molecule has 0 bridgehead atoms. The summed E-state index contributed by atoms with van der Waals surface area (Å²) >= 11 is 0. The van der Waals surface area contributed by atoms with E-state index in [2.05, 4.69) is 20.3 Å². The third kappa shape index (κ3) is 4.08. The van der Waals surface area contributed by atoms with Gasteiger partial charge in [0.15, 0.2) is 5.69 Å². The standard InChI is InChI=1S/C11H14F3N3O2/c1-10(2,9(18)19-3)6-15-8-5-4-7(16-17-8)11(12,13)14/h4-5H,6H2,1-3H3,(H,15,17). The van der Waals surface area contributed by atoms with Crippen molar-refractivity contribution in [1.82, 2.24) is 10.2 Å². The first-order chi connectivity index (χ1) is 8.66. The minimum absolute atomic E-state index is 0.157. The van der Waals surface area contributed by atoms with E-state index >= 15 is 0 Å². The van der Waals surface area contributed by atoms with Gasteiger partial charge in [-0.05, 0) is 26.0 Å². The molecule has 19 heavy (non-hydrogen) atoms. The van der Waals surface area contributed by atoms with E-state index in [0.717, 1.165) is 12.1 Å². The molecule has 0 aromatic carbocycles. The number of halogens is 3. The van der Waals surface area contributed by atoms with Gasteiger partial charge in [0.1, 0.15) is 5.82 Å². The van der Waals surface area contributed by atoms with E-state index in [1.165, 1.54) is 7.11 Å². The lowest BCUT2D eigenvalue weighted by atomic mass is 9.94. The summed E-state index contributed by atoms with van der Waals surface area (Å²) in [7, 11) is 1.27. The molecule has 0 amide bonds. The van der Waals surface area contributed by atoms with E-state index < -0.39 is 23.3 Å². The fourth-order valence-corrected chi connectivity index (χ4v) is 1.24. The molecular formula is C11H14F3N3O2. The number of carbonyl (C=O) groups is 1. The molecular weight excluding hydrogens is 263 g/mol. The second-order valence-corrected chi connectivity index (χ2v) is 4.53.